The molecule has 1 unspecified atom stereocenters. The maximum Gasteiger partial charge on any atom is 0.268 e. The van der Waals surface area contributed by atoms with Crippen LogP contribution in [0.15, 0.2) is 22.0 Å². The minimum Gasteiger partial charge on any atom is -0.333 e. The second-order valence-corrected chi connectivity index (χ2v) is 7.96. The van der Waals surface area contributed by atoms with Gasteiger partial charge in [-0.2, -0.15) is 4.98 Å². The molecular formula is C12H13F2N3O3S2. The zero-order valence-electron chi connectivity index (χ0n) is 11.3. The van der Waals surface area contributed by atoms with Crippen molar-refractivity contribution in [1.82, 2.24) is 14.9 Å². The van der Waals surface area contributed by atoms with Crippen molar-refractivity contribution in [2.75, 3.05) is 5.75 Å². The van der Waals surface area contributed by atoms with Crippen molar-refractivity contribution in [1.29, 1.82) is 0 Å². The number of halogens is 2. The third kappa shape index (κ3) is 3.68. The lowest BCUT2D eigenvalue weighted by atomic mass is 10.3. The van der Waals surface area contributed by atoms with Crippen molar-refractivity contribution in [3.05, 3.63) is 23.3 Å². The second kappa shape index (κ2) is 5.67. The van der Waals surface area contributed by atoms with Crippen LogP contribution in [-0.2, 0) is 16.6 Å². The summed E-state index contributed by atoms with van der Waals surface area (Å²) in [6, 6.07) is 3.64. The van der Waals surface area contributed by atoms with Gasteiger partial charge < -0.3 is 4.52 Å². The van der Waals surface area contributed by atoms with E-state index in [1.165, 1.54) is 11.3 Å². The molecule has 0 saturated heterocycles. The molecule has 1 aliphatic carbocycles. The van der Waals surface area contributed by atoms with Crippen molar-refractivity contribution >= 4 is 21.4 Å². The average Bonchev–Trinajstić information content (AvgIpc) is 2.93. The zero-order valence-corrected chi connectivity index (χ0v) is 13.0. The summed E-state index contributed by atoms with van der Waals surface area (Å²) in [5.74, 6) is -3.33. The van der Waals surface area contributed by atoms with E-state index in [1.54, 1.807) is 0 Å². The Morgan fingerprint density at radius 1 is 1.50 bits per heavy atom. The quantitative estimate of drug-likeness (QED) is 0.829. The van der Waals surface area contributed by atoms with Gasteiger partial charge in [-0.1, -0.05) is 11.2 Å². The van der Waals surface area contributed by atoms with Gasteiger partial charge in [-0.25, -0.2) is 21.9 Å². The van der Waals surface area contributed by atoms with Gasteiger partial charge in [0.15, 0.2) is 5.82 Å². The van der Waals surface area contributed by atoms with E-state index >= 15 is 0 Å². The van der Waals surface area contributed by atoms with E-state index in [-0.39, 0.29) is 31.0 Å². The summed E-state index contributed by atoms with van der Waals surface area (Å²) >= 11 is 1.43. The van der Waals surface area contributed by atoms with E-state index in [4.69, 9.17) is 4.52 Å². The molecule has 2 aromatic heterocycles. The number of alkyl halides is 2. The monoisotopic (exact) mass is 349 g/mol. The molecule has 1 N–H and O–H groups in total. The summed E-state index contributed by atoms with van der Waals surface area (Å²) in [4.78, 5) is 4.86. The van der Waals surface area contributed by atoms with Crippen LogP contribution in [0.25, 0.3) is 10.8 Å². The maximum atomic E-state index is 12.7. The van der Waals surface area contributed by atoms with Crippen LogP contribution in [0.3, 0.4) is 0 Å². The third-order valence-electron chi connectivity index (χ3n) is 3.34. The van der Waals surface area contributed by atoms with Crippen LogP contribution in [0.4, 0.5) is 8.78 Å². The van der Waals surface area contributed by atoms with Crippen LogP contribution in [0, 0.1) is 5.92 Å². The van der Waals surface area contributed by atoms with E-state index in [0.29, 0.717) is 5.89 Å². The van der Waals surface area contributed by atoms with Crippen LogP contribution < -0.4 is 4.72 Å². The van der Waals surface area contributed by atoms with E-state index in [0.717, 1.165) is 4.88 Å². The molecule has 1 aliphatic rings. The molecule has 0 amide bonds. The number of aromatic nitrogens is 2. The fraction of sp³-hybridized carbons (Fsp3) is 0.500. The number of hydrogen-bond donors (Lipinski definition) is 1. The van der Waals surface area contributed by atoms with E-state index in [1.807, 2.05) is 17.5 Å². The van der Waals surface area contributed by atoms with Gasteiger partial charge in [0.2, 0.25) is 10.0 Å². The van der Waals surface area contributed by atoms with Crippen molar-refractivity contribution in [3.63, 3.8) is 0 Å². The molecule has 3 rings (SSSR count). The van der Waals surface area contributed by atoms with Gasteiger partial charge in [-0.05, 0) is 17.9 Å². The van der Waals surface area contributed by atoms with Gasteiger partial charge in [-0.15, -0.1) is 11.3 Å². The molecule has 0 aliphatic heterocycles. The fourth-order valence-corrected chi connectivity index (χ4v) is 3.69. The lowest BCUT2D eigenvalue weighted by molar-refractivity contribution is 0.0983. The number of rotatable bonds is 7. The molecule has 0 spiro atoms. The van der Waals surface area contributed by atoms with Gasteiger partial charge in [0, 0.05) is 12.3 Å². The van der Waals surface area contributed by atoms with Crippen molar-refractivity contribution in [3.8, 4) is 10.8 Å². The van der Waals surface area contributed by atoms with Gasteiger partial charge >= 0.3 is 0 Å². The molecule has 1 atom stereocenters. The first kappa shape index (κ1) is 15.5. The minimum atomic E-state index is -3.63. The van der Waals surface area contributed by atoms with Gasteiger partial charge in [0.1, 0.15) is 0 Å². The average molecular weight is 349 g/mol. The molecule has 2 aromatic rings. The van der Waals surface area contributed by atoms with Crippen LogP contribution >= 0.6 is 11.3 Å². The molecule has 6 nitrogen and oxygen atoms in total. The Labute approximate surface area is 129 Å². The van der Waals surface area contributed by atoms with Crippen molar-refractivity contribution in [2.24, 2.45) is 5.92 Å². The molecule has 120 valence electrons. The molecule has 1 fully saturated rings. The van der Waals surface area contributed by atoms with Crippen LogP contribution in [-0.4, -0.2) is 30.2 Å². The number of nitrogens with zero attached hydrogens (tertiary/aromatic N) is 2. The summed E-state index contributed by atoms with van der Waals surface area (Å²) in [5, 5.41) is 5.54. The molecule has 0 bridgehead atoms. The Kier molecular flexibility index (Phi) is 4.00. The van der Waals surface area contributed by atoms with E-state index < -0.39 is 21.9 Å². The minimum absolute atomic E-state index is 0.0466. The lowest BCUT2D eigenvalue weighted by Gasteiger charge is -2.03. The molecule has 22 heavy (non-hydrogen) atoms. The Morgan fingerprint density at radius 3 is 2.91 bits per heavy atom. The highest BCUT2D eigenvalue weighted by molar-refractivity contribution is 7.89. The number of sulfonamides is 1. The molecule has 0 radical (unpaired) electrons. The Morgan fingerprint density at radius 2 is 2.27 bits per heavy atom. The Hall–Kier alpha value is -1.39. The summed E-state index contributed by atoms with van der Waals surface area (Å²) in [6.07, 6.45) is -0.271. The van der Waals surface area contributed by atoms with Gasteiger partial charge in [0.25, 0.3) is 11.8 Å². The summed E-state index contributed by atoms with van der Waals surface area (Å²) in [7, 11) is -3.63. The maximum absolute atomic E-state index is 12.7. The SMILES string of the molecule is O=S(=O)(CCC1CC1(F)F)NCc1noc(-c2cccs2)n1. The lowest BCUT2D eigenvalue weighted by Crippen LogP contribution is -2.27. The standard InChI is InChI=1S/C12H13F2N3O3S2/c13-12(14)6-8(12)3-5-22(18,19)15-7-10-16-11(20-17-10)9-2-1-4-21-9/h1-2,4,8,15H,3,5-7H2. The van der Waals surface area contributed by atoms with Gasteiger partial charge in [0.05, 0.1) is 17.2 Å². The predicted octanol–water partition coefficient (Wildman–Crippen LogP) is 2.26. The molecule has 1 saturated carbocycles. The fourth-order valence-electron chi connectivity index (χ4n) is 1.95. The topological polar surface area (TPSA) is 85.1 Å². The predicted molar refractivity (Wildman–Crippen MR) is 75.9 cm³/mol. The zero-order chi connectivity index (χ0) is 15.8. The highest BCUT2D eigenvalue weighted by atomic mass is 32.2. The molecule has 10 heteroatoms. The van der Waals surface area contributed by atoms with E-state index in [9.17, 15) is 17.2 Å². The normalized spacial score (nSPS) is 20.2. The molecule has 0 aromatic carbocycles. The summed E-state index contributed by atoms with van der Waals surface area (Å²) in [6.45, 7) is -0.127. The summed E-state index contributed by atoms with van der Waals surface area (Å²) < 4.78 is 56.2. The smallest absolute Gasteiger partial charge is 0.268 e. The molecule has 2 heterocycles. The Bertz CT molecular complexity index is 744. The largest absolute Gasteiger partial charge is 0.333 e. The highest BCUT2D eigenvalue weighted by Crippen LogP contribution is 2.50. The Balaban J connectivity index is 1.51. The van der Waals surface area contributed by atoms with Crippen molar-refractivity contribution < 1.29 is 21.7 Å². The number of nitrogens with one attached hydrogen (secondary N) is 1. The first-order chi connectivity index (χ1) is 10.4. The van der Waals surface area contributed by atoms with Crippen LogP contribution in [0.5, 0.6) is 0 Å². The highest BCUT2D eigenvalue weighted by Gasteiger charge is 2.56. The number of hydrogen-bond acceptors (Lipinski definition) is 6. The third-order valence-corrected chi connectivity index (χ3v) is 5.56. The first-order valence-electron chi connectivity index (χ1n) is 6.57. The molecular weight excluding hydrogens is 336 g/mol. The first-order valence-corrected chi connectivity index (χ1v) is 9.10. The van der Waals surface area contributed by atoms with E-state index in [2.05, 4.69) is 14.9 Å². The van der Waals surface area contributed by atoms with Gasteiger partial charge in [-0.3, -0.25) is 0 Å². The van der Waals surface area contributed by atoms with Crippen molar-refractivity contribution in [2.45, 2.75) is 25.3 Å². The summed E-state index contributed by atoms with van der Waals surface area (Å²) in [5.41, 5.74) is 0. The number of thiophene rings is 1. The van der Waals surface area contributed by atoms with Crippen LogP contribution in [0.2, 0.25) is 0 Å². The van der Waals surface area contributed by atoms with Crippen LogP contribution in [0.1, 0.15) is 18.7 Å². The second-order valence-electron chi connectivity index (χ2n) is 5.08.